The number of rotatable bonds is 3. The van der Waals surface area contributed by atoms with Gasteiger partial charge in [-0.15, -0.1) is 11.6 Å². The van der Waals surface area contributed by atoms with Gasteiger partial charge in [0.2, 0.25) is 0 Å². The van der Waals surface area contributed by atoms with E-state index in [9.17, 15) is 4.79 Å². The summed E-state index contributed by atoms with van der Waals surface area (Å²) in [6.07, 6.45) is 6.29. The molecule has 15 heavy (non-hydrogen) atoms. The largest absolute Gasteiger partial charge is 0.322 e. The van der Waals surface area contributed by atoms with Gasteiger partial charge in [-0.3, -0.25) is 0 Å². The van der Waals surface area contributed by atoms with Crippen LogP contribution in [-0.4, -0.2) is 47.4 Å². The van der Waals surface area contributed by atoms with Crippen molar-refractivity contribution in [2.45, 2.75) is 38.1 Å². The number of hydrogen-bond acceptors (Lipinski definition) is 1. The Balaban J connectivity index is 1.90. The second-order valence-corrected chi connectivity index (χ2v) is 4.82. The van der Waals surface area contributed by atoms with Crippen LogP contribution in [0.1, 0.15) is 32.1 Å². The third-order valence-electron chi connectivity index (χ3n) is 3.50. The first-order chi connectivity index (χ1) is 7.33. The molecule has 0 spiro atoms. The summed E-state index contributed by atoms with van der Waals surface area (Å²) >= 11 is 5.67. The number of hydrogen-bond donors (Lipinski definition) is 0. The van der Waals surface area contributed by atoms with Crippen molar-refractivity contribution in [3.05, 3.63) is 0 Å². The fraction of sp³-hybridized carbons (Fsp3) is 0.909. The fourth-order valence-corrected chi connectivity index (χ4v) is 2.85. The van der Waals surface area contributed by atoms with Crippen molar-refractivity contribution in [3.8, 4) is 0 Å². The average molecular weight is 231 g/mol. The predicted octanol–water partition coefficient (Wildman–Crippen LogP) is 2.30. The third-order valence-corrected chi connectivity index (χ3v) is 3.67. The molecule has 0 radical (unpaired) electrons. The molecule has 2 fully saturated rings. The average Bonchev–Trinajstić information content (AvgIpc) is 2.63. The molecule has 0 aromatic heterocycles. The molecule has 0 bridgehead atoms. The molecule has 1 saturated carbocycles. The van der Waals surface area contributed by atoms with E-state index in [1.54, 1.807) is 0 Å². The van der Waals surface area contributed by atoms with Gasteiger partial charge >= 0.3 is 6.03 Å². The number of halogens is 1. The van der Waals surface area contributed by atoms with Gasteiger partial charge in [0.15, 0.2) is 0 Å². The van der Waals surface area contributed by atoms with E-state index in [-0.39, 0.29) is 6.03 Å². The van der Waals surface area contributed by atoms with Gasteiger partial charge in [-0.2, -0.15) is 0 Å². The SMILES string of the molecule is O=C1N(CCCl)CCN1C1CCCCC1. The zero-order chi connectivity index (χ0) is 10.7. The first-order valence-corrected chi connectivity index (χ1v) is 6.48. The second-order valence-electron chi connectivity index (χ2n) is 4.44. The van der Waals surface area contributed by atoms with E-state index in [2.05, 4.69) is 4.90 Å². The van der Waals surface area contributed by atoms with Crippen LogP contribution in [0.25, 0.3) is 0 Å². The zero-order valence-electron chi connectivity index (χ0n) is 9.12. The molecule has 0 unspecified atom stereocenters. The molecule has 2 aliphatic rings. The van der Waals surface area contributed by atoms with Gasteiger partial charge < -0.3 is 9.80 Å². The van der Waals surface area contributed by atoms with Gasteiger partial charge in [-0.1, -0.05) is 19.3 Å². The summed E-state index contributed by atoms with van der Waals surface area (Å²) in [6, 6.07) is 0.717. The molecule has 4 heteroatoms. The molecule has 0 N–H and O–H groups in total. The molecule has 0 aromatic rings. The monoisotopic (exact) mass is 230 g/mol. The molecule has 1 aliphatic heterocycles. The van der Waals surface area contributed by atoms with E-state index in [4.69, 9.17) is 11.6 Å². The normalized spacial score (nSPS) is 23.9. The Labute approximate surface area is 96.4 Å². The molecule has 86 valence electrons. The maximum Gasteiger partial charge on any atom is 0.320 e. The highest BCUT2D eigenvalue weighted by Crippen LogP contribution is 2.25. The van der Waals surface area contributed by atoms with E-state index < -0.39 is 0 Å². The van der Waals surface area contributed by atoms with Crippen molar-refractivity contribution in [2.24, 2.45) is 0 Å². The first-order valence-electron chi connectivity index (χ1n) is 5.94. The molecular weight excluding hydrogens is 212 g/mol. The lowest BCUT2D eigenvalue weighted by Crippen LogP contribution is -2.40. The first kappa shape index (κ1) is 11.1. The highest BCUT2D eigenvalue weighted by Gasteiger charge is 2.33. The van der Waals surface area contributed by atoms with Crippen molar-refractivity contribution in [2.75, 3.05) is 25.5 Å². The zero-order valence-corrected chi connectivity index (χ0v) is 9.88. The van der Waals surface area contributed by atoms with E-state index in [1.807, 2.05) is 4.90 Å². The number of amides is 2. The molecule has 2 amide bonds. The van der Waals surface area contributed by atoms with Gasteiger partial charge in [0.25, 0.3) is 0 Å². The van der Waals surface area contributed by atoms with Crippen LogP contribution in [-0.2, 0) is 0 Å². The molecule has 1 saturated heterocycles. The Bertz CT molecular complexity index is 229. The highest BCUT2D eigenvalue weighted by atomic mass is 35.5. The highest BCUT2D eigenvalue weighted by molar-refractivity contribution is 6.18. The number of carbonyl (C=O) groups excluding carboxylic acids is 1. The lowest BCUT2D eigenvalue weighted by molar-refractivity contribution is 0.164. The Hall–Kier alpha value is -0.440. The quantitative estimate of drug-likeness (QED) is 0.683. The number of carbonyl (C=O) groups is 1. The molecular formula is C11H19ClN2O. The van der Waals surface area contributed by atoms with Gasteiger partial charge in [-0.25, -0.2) is 4.79 Å². The van der Waals surface area contributed by atoms with Crippen molar-refractivity contribution >= 4 is 17.6 Å². The standard InChI is InChI=1S/C11H19ClN2O/c12-6-7-13-8-9-14(11(13)15)10-4-2-1-3-5-10/h10H,1-9H2. The third kappa shape index (κ3) is 2.39. The molecule has 0 aromatic carbocycles. The van der Waals surface area contributed by atoms with E-state index in [0.717, 1.165) is 13.1 Å². The van der Waals surface area contributed by atoms with Gasteiger partial charge in [0, 0.05) is 31.6 Å². The fourth-order valence-electron chi connectivity index (χ4n) is 2.64. The Morgan fingerprint density at radius 3 is 2.60 bits per heavy atom. The summed E-state index contributed by atoms with van der Waals surface area (Å²) in [5, 5.41) is 0. The van der Waals surface area contributed by atoms with Gasteiger partial charge in [0.05, 0.1) is 0 Å². The topological polar surface area (TPSA) is 23.6 Å². The van der Waals surface area contributed by atoms with Gasteiger partial charge in [0.1, 0.15) is 0 Å². The van der Waals surface area contributed by atoms with Crippen LogP contribution in [0, 0.1) is 0 Å². The summed E-state index contributed by atoms with van der Waals surface area (Å²) in [7, 11) is 0. The Morgan fingerprint density at radius 1 is 1.20 bits per heavy atom. The summed E-state index contributed by atoms with van der Waals surface area (Å²) in [5.74, 6) is 0.546. The smallest absolute Gasteiger partial charge is 0.320 e. The van der Waals surface area contributed by atoms with Crippen LogP contribution < -0.4 is 0 Å². The molecule has 0 atom stereocenters. The summed E-state index contributed by atoms with van der Waals surface area (Å²) in [5.41, 5.74) is 0. The van der Waals surface area contributed by atoms with E-state index in [1.165, 1.54) is 32.1 Å². The second kappa shape index (κ2) is 5.06. The van der Waals surface area contributed by atoms with Crippen LogP contribution in [0.15, 0.2) is 0 Å². The van der Waals surface area contributed by atoms with Crippen LogP contribution in [0.5, 0.6) is 0 Å². The molecule has 1 aliphatic carbocycles. The van der Waals surface area contributed by atoms with Crippen LogP contribution in [0.2, 0.25) is 0 Å². The Morgan fingerprint density at radius 2 is 1.93 bits per heavy atom. The number of alkyl halides is 1. The summed E-state index contributed by atoms with van der Waals surface area (Å²) in [6.45, 7) is 2.46. The van der Waals surface area contributed by atoms with Crippen molar-refractivity contribution in [1.82, 2.24) is 9.80 Å². The summed E-state index contributed by atoms with van der Waals surface area (Å²) < 4.78 is 0. The minimum atomic E-state index is 0.211. The van der Waals surface area contributed by atoms with Gasteiger partial charge in [-0.05, 0) is 12.8 Å². The van der Waals surface area contributed by atoms with Crippen molar-refractivity contribution in [3.63, 3.8) is 0 Å². The minimum absolute atomic E-state index is 0.211. The maximum atomic E-state index is 12.0. The van der Waals surface area contributed by atoms with Crippen LogP contribution in [0.4, 0.5) is 4.79 Å². The van der Waals surface area contributed by atoms with Crippen molar-refractivity contribution < 1.29 is 4.79 Å². The van der Waals surface area contributed by atoms with Crippen molar-refractivity contribution in [1.29, 1.82) is 0 Å². The predicted molar refractivity (Wildman–Crippen MR) is 61.3 cm³/mol. The lowest BCUT2D eigenvalue weighted by atomic mass is 9.94. The minimum Gasteiger partial charge on any atom is -0.322 e. The van der Waals surface area contributed by atoms with E-state index in [0.29, 0.717) is 18.5 Å². The summed E-state index contributed by atoms with van der Waals surface area (Å²) in [4.78, 5) is 15.9. The maximum absolute atomic E-state index is 12.0. The lowest BCUT2D eigenvalue weighted by Gasteiger charge is -2.30. The number of urea groups is 1. The Kier molecular flexibility index (Phi) is 3.73. The number of nitrogens with zero attached hydrogens (tertiary/aromatic N) is 2. The molecule has 2 rings (SSSR count). The van der Waals surface area contributed by atoms with Crippen LogP contribution >= 0.6 is 11.6 Å². The molecule has 3 nitrogen and oxygen atoms in total. The molecule has 1 heterocycles. The van der Waals surface area contributed by atoms with Crippen LogP contribution in [0.3, 0.4) is 0 Å². The van der Waals surface area contributed by atoms with E-state index >= 15 is 0 Å².